The minimum absolute atomic E-state index is 0.0371. The van der Waals surface area contributed by atoms with E-state index in [0.29, 0.717) is 13.1 Å². The van der Waals surface area contributed by atoms with Gasteiger partial charge in [0, 0.05) is 13.1 Å². The number of carbonyl (C=O) groups is 1. The highest BCUT2D eigenvalue weighted by Crippen LogP contribution is 2.24. The summed E-state index contributed by atoms with van der Waals surface area (Å²) in [7, 11) is 0. The summed E-state index contributed by atoms with van der Waals surface area (Å²) in [6, 6.07) is 3.37. The SMILES string of the molecule is O=C1NCC(c2ccco2)N1CCO. The molecule has 5 nitrogen and oxygen atoms in total. The molecule has 0 bridgehead atoms. The van der Waals surface area contributed by atoms with Crippen LogP contribution in [0.15, 0.2) is 22.8 Å². The predicted molar refractivity (Wildman–Crippen MR) is 48.6 cm³/mol. The number of urea groups is 1. The van der Waals surface area contributed by atoms with Crippen molar-refractivity contribution in [3.63, 3.8) is 0 Å². The van der Waals surface area contributed by atoms with Crippen molar-refractivity contribution in [3.8, 4) is 0 Å². The van der Waals surface area contributed by atoms with Crippen LogP contribution in [0.2, 0.25) is 0 Å². The summed E-state index contributed by atoms with van der Waals surface area (Å²) in [5.74, 6) is 0.747. The zero-order chi connectivity index (χ0) is 9.97. The summed E-state index contributed by atoms with van der Waals surface area (Å²) < 4.78 is 5.23. The van der Waals surface area contributed by atoms with Crippen LogP contribution in [-0.2, 0) is 0 Å². The summed E-state index contributed by atoms with van der Waals surface area (Å²) in [6.07, 6.45) is 1.58. The van der Waals surface area contributed by atoms with E-state index < -0.39 is 0 Å². The van der Waals surface area contributed by atoms with E-state index in [0.717, 1.165) is 5.76 Å². The van der Waals surface area contributed by atoms with Crippen molar-refractivity contribution in [1.82, 2.24) is 10.2 Å². The van der Waals surface area contributed by atoms with Crippen LogP contribution in [0.25, 0.3) is 0 Å². The number of aliphatic hydroxyl groups excluding tert-OH is 1. The molecule has 0 saturated carbocycles. The van der Waals surface area contributed by atoms with Crippen LogP contribution < -0.4 is 5.32 Å². The van der Waals surface area contributed by atoms with Gasteiger partial charge in [0.15, 0.2) is 0 Å². The Balaban J connectivity index is 2.15. The fraction of sp³-hybridized carbons (Fsp3) is 0.444. The van der Waals surface area contributed by atoms with Crippen LogP contribution in [0.5, 0.6) is 0 Å². The highest BCUT2D eigenvalue weighted by Gasteiger charge is 2.32. The van der Waals surface area contributed by atoms with Gasteiger partial charge in [0.25, 0.3) is 0 Å². The van der Waals surface area contributed by atoms with Gasteiger partial charge in [-0.2, -0.15) is 0 Å². The van der Waals surface area contributed by atoms with Gasteiger partial charge in [-0.15, -0.1) is 0 Å². The van der Waals surface area contributed by atoms with Crippen LogP contribution in [0, 0.1) is 0 Å². The molecule has 1 saturated heterocycles. The molecule has 0 radical (unpaired) electrons. The highest BCUT2D eigenvalue weighted by molar-refractivity contribution is 5.77. The first-order valence-electron chi connectivity index (χ1n) is 4.51. The van der Waals surface area contributed by atoms with Gasteiger partial charge in [-0.25, -0.2) is 4.79 Å². The number of hydrogen-bond acceptors (Lipinski definition) is 3. The van der Waals surface area contributed by atoms with Gasteiger partial charge in [-0.3, -0.25) is 0 Å². The Bertz CT molecular complexity index is 310. The largest absolute Gasteiger partial charge is 0.467 e. The third kappa shape index (κ3) is 1.46. The van der Waals surface area contributed by atoms with E-state index in [9.17, 15) is 4.79 Å². The van der Waals surface area contributed by atoms with Crippen molar-refractivity contribution in [3.05, 3.63) is 24.2 Å². The summed E-state index contributed by atoms with van der Waals surface area (Å²) in [4.78, 5) is 12.9. The number of aliphatic hydroxyl groups is 1. The maximum absolute atomic E-state index is 11.3. The Hall–Kier alpha value is -1.49. The standard InChI is InChI=1S/C9H12N2O3/c12-4-3-11-7(6-10-9(11)13)8-2-1-5-14-8/h1-2,5,7,12H,3-4,6H2,(H,10,13). The summed E-state index contributed by atoms with van der Waals surface area (Å²) in [6.45, 7) is 0.828. The first-order chi connectivity index (χ1) is 6.83. The second kappa shape index (κ2) is 3.71. The molecule has 2 heterocycles. The fourth-order valence-electron chi connectivity index (χ4n) is 1.64. The fourth-order valence-corrected chi connectivity index (χ4v) is 1.64. The lowest BCUT2D eigenvalue weighted by Gasteiger charge is -2.19. The van der Waals surface area contributed by atoms with Gasteiger partial charge >= 0.3 is 6.03 Å². The molecule has 1 aromatic rings. The smallest absolute Gasteiger partial charge is 0.318 e. The van der Waals surface area contributed by atoms with Crippen LogP contribution in [-0.4, -0.2) is 35.7 Å². The number of nitrogens with zero attached hydrogens (tertiary/aromatic N) is 1. The molecular weight excluding hydrogens is 184 g/mol. The molecule has 1 atom stereocenters. The van der Waals surface area contributed by atoms with Crippen LogP contribution >= 0.6 is 0 Å². The number of furan rings is 1. The number of hydrogen-bond donors (Lipinski definition) is 2. The Morgan fingerprint density at radius 2 is 2.57 bits per heavy atom. The van der Waals surface area contributed by atoms with Gasteiger partial charge in [-0.1, -0.05) is 0 Å². The van der Waals surface area contributed by atoms with Gasteiger partial charge < -0.3 is 19.7 Å². The van der Waals surface area contributed by atoms with Crippen molar-refractivity contribution < 1.29 is 14.3 Å². The van der Waals surface area contributed by atoms with E-state index in [-0.39, 0.29) is 18.7 Å². The first kappa shape index (κ1) is 9.08. The van der Waals surface area contributed by atoms with E-state index in [4.69, 9.17) is 9.52 Å². The molecule has 2 amide bonds. The van der Waals surface area contributed by atoms with Gasteiger partial charge in [-0.05, 0) is 12.1 Å². The molecule has 1 fully saturated rings. The number of β-amino-alcohol motifs (C(OH)–C–C–N with tert-alkyl or cyclic N) is 1. The first-order valence-corrected chi connectivity index (χ1v) is 4.51. The normalized spacial score (nSPS) is 21.4. The minimum atomic E-state index is -0.152. The average molecular weight is 196 g/mol. The van der Waals surface area contributed by atoms with Gasteiger partial charge in [0.1, 0.15) is 11.8 Å². The van der Waals surface area contributed by atoms with Gasteiger partial charge in [0.2, 0.25) is 0 Å². The second-order valence-corrected chi connectivity index (χ2v) is 3.13. The summed E-state index contributed by atoms with van der Waals surface area (Å²) in [5.41, 5.74) is 0. The monoisotopic (exact) mass is 196 g/mol. The molecule has 1 aliphatic rings. The van der Waals surface area contributed by atoms with E-state index in [1.807, 2.05) is 6.07 Å². The van der Waals surface area contributed by atoms with Gasteiger partial charge in [0.05, 0.1) is 12.9 Å². The molecule has 2 rings (SSSR count). The Labute approximate surface area is 81.3 Å². The number of amides is 2. The predicted octanol–water partition coefficient (Wildman–Crippen LogP) is 0.338. The molecule has 2 N–H and O–H groups in total. The molecule has 1 aromatic heterocycles. The van der Waals surface area contributed by atoms with Crippen LogP contribution in [0.1, 0.15) is 11.8 Å². The average Bonchev–Trinajstić information content (AvgIpc) is 2.77. The molecule has 0 aromatic carbocycles. The number of nitrogens with one attached hydrogen (secondary N) is 1. The minimum Gasteiger partial charge on any atom is -0.467 e. The van der Waals surface area contributed by atoms with Crippen molar-refractivity contribution >= 4 is 6.03 Å². The number of rotatable bonds is 3. The molecule has 76 valence electrons. The zero-order valence-corrected chi connectivity index (χ0v) is 7.64. The Morgan fingerprint density at radius 3 is 3.21 bits per heavy atom. The quantitative estimate of drug-likeness (QED) is 0.732. The van der Waals surface area contributed by atoms with Crippen molar-refractivity contribution in [2.45, 2.75) is 6.04 Å². The molecular formula is C9H12N2O3. The second-order valence-electron chi connectivity index (χ2n) is 3.13. The van der Waals surface area contributed by atoms with Crippen molar-refractivity contribution in [1.29, 1.82) is 0 Å². The molecule has 14 heavy (non-hydrogen) atoms. The molecule has 1 unspecified atom stereocenters. The van der Waals surface area contributed by atoms with Crippen LogP contribution in [0.4, 0.5) is 4.79 Å². The van der Waals surface area contributed by atoms with Crippen molar-refractivity contribution in [2.24, 2.45) is 0 Å². The highest BCUT2D eigenvalue weighted by atomic mass is 16.3. The third-order valence-corrected chi connectivity index (χ3v) is 2.30. The van der Waals surface area contributed by atoms with E-state index in [1.165, 1.54) is 0 Å². The lowest BCUT2D eigenvalue weighted by molar-refractivity contribution is 0.172. The topological polar surface area (TPSA) is 65.7 Å². The zero-order valence-electron chi connectivity index (χ0n) is 7.64. The maximum atomic E-state index is 11.3. The molecule has 0 spiro atoms. The molecule has 1 aliphatic heterocycles. The van der Waals surface area contributed by atoms with Crippen molar-refractivity contribution in [2.75, 3.05) is 19.7 Å². The van der Waals surface area contributed by atoms with E-state index in [2.05, 4.69) is 5.32 Å². The molecule has 5 heteroatoms. The molecule has 0 aliphatic carbocycles. The Morgan fingerprint density at radius 1 is 1.71 bits per heavy atom. The van der Waals surface area contributed by atoms with Crippen LogP contribution in [0.3, 0.4) is 0 Å². The summed E-state index contributed by atoms with van der Waals surface area (Å²) >= 11 is 0. The Kier molecular flexibility index (Phi) is 2.41. The summed E-state index contributed by atoms with van der Waals surface area (Å²) in [5, 5.41) is 11.5. The lowest BCUT2D eigenvalue weighted by Crippen LogP contribution is -2.32. The third-order valence-electron chi connectivity index (χ3n) is 2.30. The van der Waals surface area contributed by atoms with E-state index >= 15 is 0 Å². The number of carbonyl (C=O) groups excluding carboxylic acids is 1. The maximum Gasteiger partial charge on any atom is 0.318 e. The lowest BCUT2D eigenvalue weighted by atomic mass is 10.2. The van der Waals surface area contributed by atoms with E-state index in [1.54, 1.807) is 17.2 Å².